The monoisotopic (exact) mass is 358 g/mol. The summed E-state index contributed by atoms with van der Waals surface area (Å²) >= 11 is 0. The molecular weight excluding hydrogens is 342 g/mol. The van der Waals surface area contributed by atoms with Gasteiger partial charge in [0.25, 0.3) is 5.91 Å². The zero-order valence-corrected chi connectivity index (χ0v) is 13.7. The first-order valence-electron chi connectivity index (χ1n) is 7.88. The molecule has 26 heavy (non-hydrogen) atoms. The quantitative estimate of drug-likeness (QED) is 0.853. The maximum absolute atomic E-state index is 13.2. The topological polar surface area (TPSA) is 87.8 Å². The molecule has 1 aliphatic heterocycles. The fourth-order valence-corrected chi connectivity index (χ4v) is 2.63. The largest absolute Gasteiger partial charge is 0.368 e. The van der Waals surface area contributed by atoms with E-state index < -0.39 is 29.5 Å². The van der Waals surface area contributed by atoms with Crippen molar-refractivity contribution in [1.29, 1.82) is 0 Å². The Balaban J connectivity index is 1.74. The van der Waals surface area contributed by atoms with Crippen LogP contribution in [0.2, 0.25) is 0 Å². The molecule has 0 radical (unpaired) electrons. The molecule has 2 amide bonds. The van der Waals surface area contributed by atoms with Crippen molar-refractivity contribution in [2.45, 2.75) is 19.0 Å². The normalized spacial score (nSPS) is 16.3. The predicted molar refractivity (Wildman–Crippen MR) is 92.2 cm³/mol. The summed E-state index contributed by atoms with van der Waals surface area (Å²) in [4.78, 5) is 24.0. The molecule has 0 bridgehead atoms. The number of nitrogens with two attached hydrogens (primary N) is 1. The van der Waals surface area contributed by atoms with E-state index in [2.05, 4.69) is 10.4 Å². The van der Waals surface area contributed by atoms with Gasteiger partial charge in [0.2, 0.25) is 5.91 Å². The summed E-state index contributed by atoms with van der Waals surface area (Å²) in [5.74, 6) is -1.96. The molecule has 2 aromatic rings. The molecule has 6 nitrogen and oxygen atoms in total. The lowest BCUT2D eigenvalue weighted by molar-refractivity contribution is -0.119. The standard InChI is InChI=1S/C18H16F2N4O2/c19-12-4-6-14(7-5-12)24-16(17(21)25)9-15(23-24)18(26)22-10-11-2-1-3-13(20)8-11/h1-8,16H,9-10H2,(H2,21,25)(H,22,26). The third-order valence-corrected chi connectivity index (χ3v) is 3.93. The molecule has 0 saturated carbocycles. The second-order valence-corrected chi connectivity index (χ2v) is 5.80. The molecule has 1 heterocycles. The minimum absolute atomic E-state index is 0.0295. The maximum Gasteiger partial charge on any atom is 0.267 e. The molecular formula is C18H16F2N4O2. The van der Waals surface area contributed by atoms with Crippen molar-refractivity contribution in [3.05, 3.63) is 65.7 Å². The lowest BCUT2D eigenvalue weighted by Gasteiger charge is -2.20. The number of hydrogen-bond acceptors (Lipinski definition) is 4. The molecule has 8 heteroatoms. The Labute approximate surface area is 148 Å². The number of halogens is 2. The van der Waals surface area contributed by atoms with Crippen molar-refractivity contribution in [1.82, 2.24) is 5.32 Å². The smallest absolute Gasteiger partial charge is 0.267 e. The van der Waals surface area contributed by atoms with Crippen LogP contribution in [0.5, 0.6) is 0 Å². The first-order valence-corrected chi connectivity index (χ1v) is 7.88. The second kappa shape index (κ2) is 7.30. The van der Waals surface area contributed by atoms with E-state index in [-0.39, 0.29) is 18.7 Å². The minimum atomic E-state index is -0.838. The van der Waals surface area contributed by atoms with E-state index in [0.29, 0.717) is 11.3 Å². The van der Waals surface area contributed by atoms with Gasteiger partial charge in [0.05, 0.1) is 5.69 Å². The Morgan fingerprint density at radius 2 is 1.88 bits per heavy atom. The minimum Gasteiger partial charge on any atom is -0.368 e. The van der Waals surface area contributed by atoms with Crippen LogP contribution in [0.15, 0.2) is 53.6 Å². The van der Waals surface area contributed by atoms with Crippen LogP contribution in [0.4, 0.5) is 14.5 Å². The van der Waals surface area contributed by atoms with E-state index in [1.807, 2.05) is 0 Å². The number of carbonyl (C=O) groups is 2. The van der Waals surface area contributed by atoms with Crippen LogP contribution in [0.3, 0.4) is 0 Å². The Hall–Kier alpha value is -3.29. The number of anilines is 1. The van der Waals surface area contributed by atoms with Crippen LogP contribution in [0.25, 0.3) is 0 Å². The van der Waals surface area contributed by atoms with E-state index in [1.165, 1.54) is 41.4 Å². The van der Waals surface area contributed by atoms with Crippen molar-refractivity contribution in [2.24, 2.45) is 10.8 Å². The number of hydrazone groups is 1. The summed E-state index contributed by atoms with van der Waals surface area (Å²) in [5, 5.41) is 8.10. The Kier molecular flexibility index (Phi) is 4.92. The van der Waals surface area contributed by atoms with Gasteiger partial charge in [-0.25, -0.2) is 8.78 Å². The van der Waals surface area contributed by atoms with E-state index in [4.69, 9.17) is 5.73 Å². The number of carbonyl (C=O) groups excluding carboxylic acids is 2. The average molecular weight is 358 g/mol. The Morgan fingerprint density at radius 3 is 2.54 bits per heavy atom. The fourth-order valence-electron chi connectivity index (χ4n) is 2.63. The van der Waals surface area contributed by atoms with Crippen molar-refractivity contribution < 1.29 is 18.4 Å². The van der Waals surface area contributed by atoms with E-state index in [0.717, 1.165) is 0 Å². The van der Waals surface area contributed by atoms with Crippen LogP contribution in [-0.4, -0.2) is 23.6 Å². The molecule has 1 unspecified atom stereocenters. The number of rotatable bonds is 5. The molecule has 0 saturated heterocycles. The summed E-state index contributed by atoms with van der Waals surface area (Å²) in [7, 11) is 0. The molecule has 0 aliphatic carbocycles. The molecule has 134 valence electrons. The number of nitrogens with one attached hydrogen (secondary N) is 1. The third-order valence-electron chi connectivity index (χ3n) is 3.93. The first-order chi connectivity index (χ1) is 12.4. The van der Waals surface area contributed by atoms with Gasteiger partial charge in [-0.05, 0) is 42.0 Å². The van der Waals surface area contributed by atoms with E-state index in [1.54, 1.807) is 12.1 Å². The maximum atomic E-state index is 13.2. The van der Waals surface area contributed by atoms with Gasteiger partial charge in [0.1, 0.15) is 23.4 Å². The highest BCUT2D eigenvalue weighted by atomic mass is 19.1. The molecule has 0 spiro atoms. The number of hydrogen-bond donors (Lipinski definition) is 2. The third kappa shape index (κ3) is 3.85. The second-order valence-electron chi connectivity index (χ2n) is 5.80. The van der Waals surface area contributed by atoms with Gasteiger partial charge in [-0.15, -0.1) is 0 Å². The summed E-state index contributed by atoms with van der Waals surface area (Å²) in [5.41, 5.74) is 6.56. The van der Waals surface area contributed by atoms with Crippen molar-refractivity contribution in [2.75, 3.05) is 5.01 Å². The van der Waals surface area contributed by atoms with Gasteiger partial charge in [-0.3, -0.25) is 14.6 Å². The highest BCUT2D eigenvalue weighted by Crippen LogP contribution is 2.24. The lowest BCUT2D eigenvalue weighted by atomic mass is 10.1. The van der Waals surface area contributed by atoms with Gasteiger partial charge in [-0.1, -0.05) is 12.1 Å². The van der Waals surface area contributed by atoms with Crippen LogP contribution in [-0.2, 0) is 16.1 Å². The van der Waals surface area contributed by atoms with Crippen molar-refractivity contribution >= 4 is 23.2 Å². The Bertz CT molecular complexity index is 868. The Morgan fingerprint density at radius 1 is 1.15 bits per heavy atom. The van der Waals surface area contributed by atoms with E-state index in [9.17, 15) is 18.4 Å². The van der Waals surface area contributed by atoms with Gasteiger partial charge in [0.15, 0.2) is 0 Å². The molecule has 1 atom stereocenters. The van der Waals surface area contributed by atoms with Crippen LogP contribution >= 0.6 is 0 Å². The molecule has 3 N–H and O–H groups in total. The molecule has 2 aromatic carbocycles. The highest BCUT2D eigenvalue weighted by molar-refractivity contribution is 6.40. The SMILES string of the molecule is NC(=O)C1CC(C(=O)NCc2cccc(F)c2)=NN1c1ccc(F)cc1. The van der Waals surface area contributed by atoms with E-state index >= 15 is 0 Å². The molecule has 3 rings (SSSR count). The highest BCUT2D eigenvalue weighted by Gasteiger charge is 2.34. The first kappa shape index (κ1) is 17.5. The van der Waals surface area contributed by atoms with Crippen molar-refractivity contribution in [3.8, 4) is 0 Å². The number of amides is 2. The number of nitrogens with zero attached hydrogens (tertiary/aromatic N) is 2. The fraction of sp³-hybridized carbons (Fsp3) is 0.167. The molecule has 1 aliphatic rings. The molecule has 0 fully saturated rings. The van der Waals surface area contributed by atoms with Crippen LogP contribution < -0.4 is 16.1 Å². The zero-order chi connectivity index (χ0) is 18.7. The summed E-state index contributed by atoms with van der Waals surface area (Å²) in [6.07, 6.45) is 0.0295. The molecule has 0 aromatic heterocycles. The number of primary amides is 1. The van der Waals surface area contributed by atoms with Crippen molar-refractivity contribution in [3.63, 3.8) is 0 Å². The van der Waals surface area contributed by atoms with Gasteiger partial charge in [-0.2, -0.15) is 5.10 Å². The predicted octanol–water partition coefficient (Wildman–Crippen LogP) is 1.70. The zero-order valence-electron chi connectivity index (χ0n) is 13.7. The number of benzene rings is 2. The average Bonchev–Trinajstić information content (AvgIpc) is 3.06. The summed E-state index contributed by atoms with van der Waals surface area (Å²) in [6.45, 7) is 0.118. The van der Waals surface area contributed by atoms with Gasteiger partial charge >= 0.3 is 0 Å². The summed E-state index contributed by atoms with van der Waals surface area (Å²) in [6, 6.07) is 10.4. The van der Waals surface area contributed by atoms with Crippen LogP contribution in [0, 0.1) is 11.6 Å². The van der Waals surface area contributed by atoms with Crippen LogP contribution in [0.1, 0.15) is 12.0 Å². The summed E-state index contributed by atoms with van der Waals surface area (Å²) < 4.78 is 26.3. The lowest BCUT2D eigenvalue weighted by Crippen LogP contribution is -2.39. The van der Waals surface area contributed by atoms with Gasteiger partial charge in [0, 0.05) is 13.0 Å². The van der Waals surface area contributed by atoms with Gasteiger partial charge < -0.3 is 11.1 Å².